The Morgan fingerprint density at radius 2 is 1.45 bits per heavy atom. The molecule has 0 heterocycles. The summed E-state index contributed by atoms with van der Waals surface area (Å²) in [7, 11) is 4.10. The third-order valence-electron chi connectivity index (χ3n) is 3.53. The van der Waals surface area contributed by atoms with Crippen molar-refractivity contribution in [2.75, 3.05) is 20.6 Å². The zero-order chi connectivity index (χ0) is 14.4. The lowest BCUT2D eigenvalue weighted by Crippen LogP contribution is -2.28. The molecule has 1 N–H and O–H groups in total. The highest BCUT2D eigenvalue weighted by atomic mass is 16.3. The van der Waals surface area contributed by atoms with Gasteiger partial charge in [0.1, 0.15) is 0 Å². The Balaban J connectivity index is 2.15. The number of hydrogen-bond acceptors (Lipinski definition) is 2. The molecule has 2 unspecified atom stereocenters. The van der Waals surface area contributed by atoms with Crippen LogP contribution < -0.4 is 0 Å². The Labute approximate surface area is 121 Å². The van der Waals surface area contributed by atoms with E-state index < -0.39 is 6.10 Å². The van der Waals surface area contributed by atoms with Gasteiger partial charge in [-0.15, -0.1) is 0 Å². The first kappa shape index (κ1) is 14.8. The van der Waals surface area contributed by atoms with E-state index in [0.29, 0.717) is 0 Å². The largest absolute Gasteiger partial charge is 0.388 e. The fourth-order valence-electron chi connectivity index (χ4n) is 2.58. The van der Waals surface area contributed by atoms with Gasteiger partial charge in [0.25, 0.3) is 0 Å². The molecule has 0 amide bonds. The number of benzene rings is 2. The monoisotopic (exact) mass is 269 g/mol. The van der Waals surface area contributed by atoms with Crippen LogP contribution in [0.1, 0.15) is 17.2 Å². The molecule has 2 rings (SSSR count). The number of nitrogens with zero attached hydrogens (tertiary/aromatic N) is 1. The third-order valence-corrected chi connectivity index (χ3v) is 3.53. The second-order valence-electron chi connectivity index (χ2n) is 5.57. The molecule has 20 heavy (non-hydrogen) atoms. The van der Waals surface area contributed by atoms with Gasteiger partial charge in [-0.3, -0.25) is 0 Å². The average Bonchev–Trinajstić information content (AvgIpc) is 2.47. The molecule has 0 fully saturated rings. The third kappa shape index (κ3) is 4.19. The van der Waals surface area contributed by atoms with E-state index in [1.165, 1.54) is 5.56 Å². The molecule has 0 aromatic heterocycles. The summed E-state index contributed by atoms with van der Waals surface area (Å²) in [5, 5.41) is 10.7. The molecule has 0 saturated carbocycles. The van der Waals surface area contributed by atoms with Crippen LogP contribution in [-0.4, -0.2) is 30.6 Å². The van der Waals surface area contributed by atoms with Crippen LogP contribution in [-0.2, 0) is 6.42 Å². The van der Waals surface area contributed by atoms with Gasteiger partial charge in [0.05, 0.1) is 6.10 Å². The molecule has 2 aromatic carbocycles. The first-order chi connectivity index (χ1) is 9.66. The number of aliphatic hydroxyl groups excluding tert-OH is 1. The minimum atomic E-state index is -0.432. The van der Waals surface area contributed by atoms with Crippen LogP contribution in [0.5, 0.6) is 0 Å². The minimum absolute atomic E-state index is 0.190. The fraction of sp³-hybridized carbons (Fsp3) is 0.333. The van der Waals surface area contributed by atoms with E-state index in [4.69, 9.17) is 0 Å². The van der Waals surface area contributed by atoms with E-state index >= 15 is 0 Å². The van der Waals surface area contributed by atoms with Crippen molar-refractivity contribution in [3.05, 3.63) is 71.8 Å². The second kappa shape index (κ2) is 7.22. The first-order valence-electron chi connectivity index (χ1n) is 7.08. The highest BCUT2D eigenvalue weighted by molar-refractivity contribution is 5.20. The Kier molecular flexibility index (Phi) is 5.33. The molecule has 0 aliphatic rings. The van der Waals surface area contributed by atoms with Crippen molar-refractivity contribution >= 4 is 0 Å². The number of hydrogen-bond donors (Lipinski definition) is 1. The Morgan fingerprint density at radius 1 is 0.900 bits per heavy atom. The predicted octanol–water partition coefficient (Wildman–Crippen LogP) is 3.14. The first-order valence-corrected chi connectivity index (χ1v) is 7.08. The van der Waals surface area contributed by atoms with Crippen LogP contribution in [0.25, 0.3) is 0 Å². The Bertz CT molecular complexity index is 495. The van der Waals surface area contributed by atoms with Gasteiger partial charge in [-0.05, 0) is 31.6 Å². The van der Waals surface area contributed by atoms with Crippen LogP contribution in [0.3, 0.4) is 0 Å². The van der Waals surface area contributed by atoms with Gasteiger partial charge in [-0.2, -0.15) is 0 Å². The van der Waals surface area contributed by atoms with Crippen LogP contribution in [0.15, 0.2) is 60.7 Å². The van der Waals surface area contributed by atoms with Crippen LogP contribution in [0, 0.1) is 5.92 Å². The van der Waals surface area contributed by atoms with Crippen molar-refractivity contribution in [1.82, 2.24) is 4.90 Å². The van der Waals surface area contributed by atoms with Crippen LogP contribution >= 0.6 is 0 Å². The maximum atomic E-state index is 10.7. The lowest BCUT2D eigenvalue weighted by Gasteiger charge is -2.26. The zero-order valence-corrected chi connectivity index (χ0v) is 12.2. The summed E-state index contributed by atoms with van der Waals surface area (Å²) >= 11 is 0. The molecule has 2 nitrogen and oxygen atoms in total. The van der Waals surface area contributed by atoms with Gasteiger partial charge >= 0.3 is 0 Å². The lowest BCUT2D eigenvalue weighted by atomic mass is 9.89. The SMILES string of the molecule is CN(C)CC(Cc1ccccc1)C(O)c1ccccc1. The molecule has 2 atom stereocenters. The summed E-state index contributed by atoms with van der Waals surface area (Å²) in [5.74, 6) is 0.190. The molecular weight excluding hydrogens is 246 g/mol. The van der Waals surface area contributed by atoms with Gasteiger partial charge in [0.2, 0.25) is 0 Å². The molecule has 0 radical (unpaired) electrons. The normalized spacial score (nSPS) is 14.2. The topological polar surface area (TPSA) is 23.5 Å². The summed E-state index contributed by atoms with van der Waals surface area (Å²) in [4.78, 5) is 2.14. The van der Waals surface area contributed by atoms with Crippen molar-refractivity contribution in [2.45, 2.75) is 12.5 Å². The summed E-state index contributed by atoms with van der Waals surface area (Å²) in [6.45, 7) is 0.866. The minimum Gasteiger partial charge on any atom is -0.388 e. The summed E-state index contributed by atoms with van der Waals surface area (Å²) < 4.78 is 0. The highest BCUT2D eigenvalue weighted by Gasteiger charge is 2.21. The second-order valence-corrected chi connectivity index (χ2v) is 5.57. The van der Waals surface area contributed by atoms with Crippen molar-refractivity contribution < 1.29 is 5.11 Å². The van der Waals surface area contributed by atoms with E-state index in [9.17, 15) is 5.11 Å². The van der Waals surface area contributed by atoms with E-state index in [1.807, 2.05) is 36.4 Å². The smallest absolute Gasteiger partial charge is 0.0833 e. The van der Waals surface area contributed by atoms with Gasteiger partial charge in [0.15, 0.2) is 0 Å². The Morgan fingerprint density at radius 3 is 2.00 bits per heavy atom. The lowest BCUT2D eigenvalue weighted by molar-refractivity contribution is 0.0902. The molecule has 0 aliphatic carbocycles. The summed E-state index contributed by atoms with van der Waals surface area (Å²) in [5.41, 5.74) is 2.27. The molecule has 0 aliphatic heterocycles. The molecule has 0 bridgehead atoms. The molecule has 2 heteroatoms. The van der Waals surface area contributed by atoms with E-state index in [2.05, 4.69) is 43.3 Å². The molecule has 106 valence electrons. The molecular formula is C18H23NO. The molecule has 0 spiro atoms. The van der Waals surface area contributed by atoms with Gasteiger partial charge in [-0.25, -0.2) is 0 Å². The Hall–Kier alpha value is -1.64. The van der Waals surface area contributed by atoms with Gasteiger partial charge in [0, 0.05) is 12.5 Å². The van der Waals surface area contributed by atoms with Gasteiger partial charge < -0.3 is 10.0 Å². The quantitative estimate of drug-likeness (QED) is 0.871. The van der Waals surface area contributed by atoms with Crippen molar-refractivity contribution in [3.63, 3.8) is 0 Å². The maximum Gasteiger partial charge on any atom is 0.0833 e. The van der Waals surface area contributed by atoms with E-state index in [1.54, 1.807) is 0 Å². The van der Waals surface area contributed by atoms with Crippen LogP contribution in [0.2, 0.25) is 0 Å². The average molecular weight is 269 g/mol. The molecule has 0 saturated heterocycles. The van der Waals surface area contributed by atoms with Crippen molar-refractivity contribution in [3.8, 4) is 0 Å². The summed E-state index contributed by atoms with van der Waals surface area (Å²) in [6, 6.07) is 20.3. The zero-order valence-electron chi connectivity index (χ0n) is 12.2. The van der Waals surface area contributed by atoms with E-state index in [0.717, 1.165) is 18.5 Å². The van der Waals surface area contributed by atoms with Crippen molar-refractivity contribution in [2.24, 2.45) is 5.92 Å². The molecule has 2 aromatic rings. The van der Waals surface area contributed by atoms with E-state index in [-0.39, 0.29) is 5.92 Å². The van der Waals surface area contributed by atoms with Crippen molar-refractivity contribution in [1.29, 1.82) is 0 Å². The maximum absolute atomic E-state index is 10.7. The predicted molar refractivity (Wildman–Crippen MR) is 83.6 cm³/mol. The highest BCUT2D eigenvalue weighted by Crippen LogP contribution is 2.25. The van der Waals surface area contributed by atoms with Crippen LogP contribution in [0.4, 0.5) is 0 Å². The number of rotatable bonds is 6. The van der Waals surface area contributed by atoms with Gasteiger partial charge in [-0.1, -0.05) is 60.7 Å². The standard InChI is InChI=1S/C18H23NO/c1-19(2)14-17(13-15-9-5-3-6-10-15)18(20)16-11-7-4-8-12-16/h3-12,17-18,20H,13-14H2,1-2H3. The summed E-state index contributed by atoms with van der Waals surface area (Å²) in [6.07, 6.45) is 0.452. The fourth-order valence-corrected chi connectivity index (χ4v) is 2.58. The number of aliphatic hydroxyl groups is 1.